The van der Waals surface area contributed by atoms with Crippen LogP contribution < -0.4 is 0 Å². The number of carbonyl (C=O) groups is 1. The van der Waals surface area contributed by atoms with Gasteiger partial charge < -0.3 is 9.84 Å². The molecule has 0 radical (unpaired) electrons. The number of hydrogen-bond donors (Lipinski definition) is 2. The summed E-state index contributed by atoms with van der Waals surface area (Å²) in [5, 5.41) is 13.1. The molecule has 0 saturated carbocycles. The average Bonchev–Trinajstić information content (AvgIpc) is 2.65. The molecule has 0 aliphatic rings. The lowest BCUT2D eigenvalue weighted by molar-refractivity contribution is -0.274. The number of hydrogen-bond acceptors (Lipinski definition) is 13. The Hall–Kier alpha value is 2.15. The number of esters is 1. The summed E-state index contributed by atoms with van der Waals surface area (Å²) in [6.45, 7) is 0.790. The van der Waals surface area contributed by atoms with E-state index < -0.39 is 0 Å². The Morgan fingerprint density at radius 3 is 2.27 bits per heavy atom. The van der Waals surface area contributed by atoms with Crippen LogP contribution in [0.3, 0.4) is 0 Å². The van der Waals surface area contributed by atoms with E-state index in [9.17, 15) is 4.79 Å². The summed E-state index contributed by atoms with van der Waals surface area (Å²) in [7, 11) is 0. The number of carbonyl (C=O) groups excluding carboxylic acids is 1. The molecule has 5 nitrogen and oxygen atoms in total. The molecule has 0 atom stereocenters. The Bertz CT molecular complexity index is 304. The third-order valence-electron chi connectivity index (χ3n) is 2.04. The Labute approximate surface area is 191 Å². The Balaban J connectivity index is 3.11. The van der Waals surface area contributed by atoms with Crippen molar-refractivity contribution in [2.24, 2.45) is 0 Å². The van der Waals surface area contributed by atoms with E-state index in [1.807, 2.05) is 35.3 Å². The minimum atomic E-state index is -0.159. The standard InChI is InChI=1S/C13H26O5S8/c14-1-3-20-9-24-6-16-13(15)5-22-11-26-12-25-10-21-4-2-17-18-7-23-8-19/h14,19H,1-12H2. The van der Waals surface area contributed by atoms with Crippen LogP contribution in [0.4, 0.5) is 0 Å². The number of rotatable bonds is 21. The molecule has 26 heavy (non-hydrogen) atoms. The zero-order valence-corrected chi connectivity index (χ0v) is 21.0. The SMILES string of the molecule is O=C(CSCSCSCSCCOOCSCS)OCSCSCCO. The highest BCUT2D eigenvalue weighted by Crippen LogP contribution is 2.21. The molecule has 0 unspecified atom stereocenters. The number of aliphatic hydroxyl groups is 1. The van der Waals surface area contributed by atoms with Gasteiger partial charge in [0, 0.05) is 36.9 Å². The van der Waals surface area contributed by atoms with Crippen LogP contribution in [0.5, 0.6) is 0 Å². The van der Waals surface area contributed by atoms with Crippen LogP contribution in [-0.2, 0) is 19.3 Å². The molecule has 0 fully saturated rings. The molecule has 0 saturated heterocycles. The molecule has 0 amide bonds. The molecule has 0 bridgehead atoms. The van der Waals surface area contributed by atoms with Crippen LogP contribution in [0, 0.1) is 0 Å². The highest BCUT2D eigenvalue weighted by atomic mass is 32.2. The summed E-state index contributed by atoms with van der Waals surface area (Å²) in [6, 6.07) is 0. The van der Waals surface area contributed by atoms with Crippen LogP contribution >= 0.6 is 95.0 Å². The fraction of sp³-hybridized carbons (Fsp3) is 0.923. The molecule has 0 aromatic carbocycles. The molecule has 1 N–H and O–H groups in total. The molecule has 0 spiro atoms. The van der Waals surface area contributed by atoms with Gasteiger partial charge in [0.25, 0.3) is 0 Å². The highest BCUT2D eigenvalue weighted by Gasteiger charge is 2.03. The van der Waals surface area contributed by atoms with Crippen molar-refractivity contribution in [3.8, 4) is 0 Å². The van der Waals surface area contributed by atoms with Crippen molar-refractivity contribution in [1.29, 1.82) is 0 Å². The fourth-order valence-corrected chi connectivity index (χ4v) is 7.47. The van der Waals surface area contributed by atoms with Gasteiger partial charge in [-0.15, -0.1) is 82.3 Å². The van der Waals surface area contributed by atoms with E-state index in [4.69, 9.17) is 19.6 Å². The second-order valence-electron chi connectivity index (χ2n) is 4.00. The van der Waals surface area contributed by atoms with Gasteiger partial charge in [0.15, 0.2) is 0 Å². The van der Waals surface area contributed by atoms with E-state index in [0.29, 0.717) is 24.2 Å². The van der Waals surface area contributed by atoms with E-state index in [0.717, 1.165) is 36.9 Å². The van der Waals surface area contributed by atoms with E-state index >= 15 is 0 Å². The molecule has 0 aromatic rings. The lowest BCUT2D eigenvalue weighted by Crippen LogP contribution is -2.07. The first-order valence-corrected chi connectivity index (χ1v) is 16.2. The third-order valence-corrected chi connectivity index (χ3v) is 10.0. The maximum atomic E-state index is 11.5. The first-order chi connectivity index (χ1) is 12.8. The second-order valence-corrected chi connectivity index (χ2v) is 13.2. The predicted octanol–water partition coefficient (Wildman–Crippen LogP) is 4.23. The zero-order valence-electron chi connectivity index (χ0n) is 14.4. The Morgan fingerprint density at radius 1 is 0.808 bits per heavy atom. The topological polar surface area (TPSA) is 65.0 Å². The quantitative estimate of drug-likeness (QED) is 0.0570. The van der Waals surface area contributed by atoms with Crippen molar-refractivity contribution in [1.82, 2.24) is 0 Å². The molecule has 0 aromatic heterocycles. The lowest BCUT2D eigenvalue weighted by atomic mass is 10.8. The molecule has 0 heterocycles. The van der Waals surface area contributed by atoms with Gasteiger partial charge in [-0.25, -0.2) is 9.78 Å². The molecular formula is C13H26O5S8. The molecule has 0 rings (SSSR count). The number of aliphatic hydroxyl groups excluding tert-OH is 1. The summed E-state index contributed by atoms with van der Waals surface area (Å²) in [5.41, 5.74) is 0. The Morgan fingerprint density at radius 2 is 1.50 bits per heavy atom. The van der Waals surface area contributed by atoms with Crippen LogP contribution in [0.25, 0.3) is 0 Å². The van der Waals surface area contributed by atoms with E-state index in [1.54, 1.807) is 47.0 Å². The van der Waals surface area contributed by atoms with Crippen molar-refractivity contribution in [3.63, 3.8) is 0 Å². The number of thioether (sulfide) groups is 7. The van der Waals surface area contributed by atoms with Crippen molar-refractivity contribution in [2.75, 3.05) is 67.8 Å². The van der Waals surface area contributed by atoms with Crippen LogP contribution in [-0.4, -0.2) is 78.9 Å². The van der Waals surface area contributed by atoms with Gasteiger partial charge in [-0.2, -0.15) is 12.6 Å². The maximum Gasteiger partial charge on any atom is 0.316 e. The molecule has 13 heteroatoms. The highest BCUT2D eigenvalue weighted by molar-refractivity contribution is 8.26. The van der Waals surface area contributed by atoms with Crippen LogP contribution in [0.2, 0.25) is 0 Å². The molecular weight excluding hydrogens is 493 g/mol. The number of ether oxygens (including phenoxy) is 1. The van der Waals surface area contributed by atoms with Gasteiger partial charge in [0.2, 0.25) is 0 Å². The first kappa shape index (κ1) is 28.1. The summed E-state index contributed by atoms with van der Waals surface area (Å²) < 4.78 is 5.12. The maximum absolute atomic E-state index is 11.5. The van der Waals surface area contributed by atoms with Gasteiger partial charge in [-0.1, -0.05) is 0 Å². The van der Waals surface area contributed by atoms with Crippen molar-refractivity contribution < 1.29 is 24.4 Å². The summed E-state index contributed by atoms with van der Waals surface area (Å²) in [5.74, 6) is 2.80. The molecule has 156 valence electrons. The van der Waals surface area contributed by atoms with Crippen molar-refractivity contribution in [2.45, 2.75) is 0 Å². The van der Waals surface area contributed by atoms with Gasteiger partial charge >= 0.3 is 5.97 Å². The first-order valence-electron chi connectivity index (χ1n) is 7.47. The number of thiol groups is 1. The van der Waals surface area contributed by atoms with Gasteiger partial charge in [-0.05, 0) is 0 Å². The molecule has 0 aliphatic heterocycles. The fourth-order valence-electron chi connectivity index (χ4n) is 1.05. The minimum Gasteiger partial charge on any atom is -0.454 e. The van der Waals surface area contributed by atoms with E-state index in [2.05, 4.69) is 12.6 Å². The van der Waals surface area contributed by atoms with Gasteiger partial charge in [-0.3, -0.25) is 4.79 Å². The third kappa shape index (κ3) is 24.2. The van der Waals surface area contributed by atoms with Gasteiger partial charge in [0.05, 0.1) is 19.0 Å². The summed E-state index contributed by atoms with van der Waals surface area (Å²) >= 11 is 15.9. The molecule has 0 aliphatic carbocycles. The van der Waals surface area contributed by atoms with Crippen molar-refractivity contribution in [3.05, 3.63) is 0 Å². The lowest BCUT2D eigenvalue weighted by Gasteiger charge is -2.05. The Kier molecular flexibility index (Phi) is 27.3. The smallest absolute Gasteiger partial charge is 0.316 e. The zero-order chi connectivity index (χ0) is 19.1. The van der Waals surface area contributed by atoms with E-state index in [1.165, 1.54) is 0 Å². The van der Waals surface area contributed by atoms with Crippen LogP contribution in [0.15, 0.2) is 0 Å². The predicted molar refractivity (Wildman–Crippen MR) is 131 cm³/mol. The largest absolute Gasteiger partial charge is 0.454 e. The normalized spacial score (nSPS) is 11.0. The summed E-state index contributed by atoms with van der Waals surface area (Å²) in [6.07, 6.45) is 0. The van der Waals surface area contributed by atoms with Crippen LogP contribution in [0.1, 0.15) is 0 Å². The van der Waals surface area contributed by atoms with E-state index in [-0.39, 0.29) is 12.6 Å². The second kappa shape index (κ2) is 25.2. The van der Waals surface area contributed by atoms with Gasteiger partial charge in [0.1, 0.15) is 11.9 Å². The minimum absolute atomic E-state index is 0.159. The summed E-state index contributed by atoms with van der Waals surface area (Å²) in [4.78, 5) is 21.5. The monoisotopic (exact) mass is 518 g/mol. The van der Waals surface area contributed by atoms with Crippen molar-refractivity contribution >= 4 is 101 Å². The average molecular weight is 519 g/mol.